The van der Waals surface area contributed by atoms with Gasteiger partial charge in [0.15, 0.2) is 0 Å². The summed E-state index contributed by atoms with van der Waals surface area (Å²) in [4.78, 5) is 30.6. The monoisotopic (exact) mass is 400 g/mol. The number of H-pyrrole nitrogens is 1. The third-order valence-corrected chi connectivity index (χ3v) is 5.77. The van der Waals surface area contributed by atoms with Gasteiger partial charge in [-0.15, -0.1) is 0 Å². The fourth-order valence-corrected chi connectivity index (χ4v) is 4.19. The molecule has 3 aromatic heterocycles. The number of aryl methyl sites for hydroxylation is 1. The lowest BCUT2D eigenvalue weighted by molar-refractivity contribution is -0.130. The minimum atomic E-state index is -0.531. The van der Waals surface area contributed by atoms with E-state index < -0.39 is 5.91 Å². The Morgan fingerprint density at radius 1 is 1.27 bits per heavy atom. The minimum absolute atomic E-state index is 0.0844. The molecule has 0 aliphatic carbocycles. The standard InChI is InChI=1S/C22H20N6O2/c1-3-19(29)27-9-13(10-27)17-11-28-18(25-17)7-5-14(21(28)22(23)30)20-12(2)4-6-16-15(20)8-24-26-16/h3-8,11,13H,1,9-10H2,2H3,(H2,23,30)(H,24,26). The van der Waals surface area contributed by atoms with Gasteiger partial charge in [-0.2, -0.15) is 5.10 Å². The molecule has 150 valence electrons. The van der Waals surface area contributed by atoms with Crippen LogP contribution in [0.5, 0.6) is 0 Å². The number of likely N-dealkylation sites (tertiary alicyclic amines) is 1. The van der Waals surface area contributed by atoms with Gasteiger partial charge in [0.05, 0.1) is 17.4 Å². The zero-order valence-electron chi connectivity index (χ0n) is 16.4. The predicted molar refractivity (Wildman–Crippen MR) is 113 cm³/mol. The first-order valence-corrected chi connectivity index (χ1v) is 9.64. The number of nitrogens with two attached hydrogens (primary N) is 1. The number of fused-ring (bicyclic) bond motifs is 2. The minimum Gasteiger partial charge on any atom is -0.364 e. The van der Waals surface area contributed by atoms with Crippen molar-refractivity contribution in [3.05, 3.63) is 66.3 Å². The van der Waals surface area contributed by atoms with Gasteiger partial charge in [-0.05, 0) is 42.3 Å². The second-order valence-electron chi connectivity index (χ2n) is 7.59. The van der Waals surface area contributed by atoms with Gasteiger partial charge in [0.25, 0.3) is 5.91 Å². The number of rotatable bonds is 4. The highest BCUT2D eigenvalue weighted by atomic mass is 16.2. The molecular weight excluding hydrogens is 380 g/mol. The largest absolute Gasteiger partial charge is 0.364 e. The summed E-state index contributed by atoms with van der Waals surface area (Å²) in [6.07, 6.45) is 4.92. The summed E-state index contributed by atoms with van der Waals surface area (Å²) in [5.41, 5.74) is 11.2. The number of pyridine rings is 1. The van der Waals surface area contributed by atoms with Crippen molar-refractivity contribution < 1.29 is 9.59 Å². The van der Waals surface area contributed by atoms with Crippen molar-refractivity contribution in [1.29, 1.82) is 0 Å². The molecule has 0 unspecified atom stereocenters. The molecule has 1 saturated heterocycles. The number of carbonyl (C=O) groups excluding carboxylic acids is 2. The summed E-state index contributed by atoms with van der Waals surface area (Å²) in [5, 5.41) is 8.04. The van der Waals surface area contributed by atoms with Crippen LogP contribution in [-0.4, -0.2) is 49.4 Å². The number of hydrogen-bond acceptors (Lipinski definition) is 4. The zero-order chi connectivity index (χ0) is 21.0. The van der Waals surface area contributed by atoms with E-state index in [0.29, 0.717) is 24.4 Å². The molecule has 0 atom stereocenters. The summed E-state index contributed by atoms with van der Waals surface area (Å²) in [5.74, 6) is -0.493. The Hall–Kier alpha value is -3.94. The number of aromatic nitrogens is 4. The molecule has 0 bridgehead atoms. The molecule has 0 spiro atoms. The Bertz CT molecular complexity index is 1340. The van der Waals surface area contributed by atoms with Gasteiger partial charge in [0.1, 0.15) is 11.3 Å². The van der Waals surface area contributed by atoms with E-state index in [1.807, 2.05) is 37.4 Å². The first-order valence-electron chi connectivity index (χ1n) is 9.64. The Morgan fingerprint density at radius 3 is 2.80 bits per heavy atom. The number of hydrogen-bond donors (Lipinski definition) is 2. The Balaban J connectivity index is 1.64. The van der Waals surface area contributed by atoms with E-state index >= 15 is 0 Å². The second-order valence-corrected chi connectivity index (χ2v) is 7.59. The van der Waals surface area contributed by atoms with Crippen LogP contribution in [0.15, 0.2) is 49.3 Å². The van der Waals surface area contributed by atoms with Crippen LogP contribution in [0.2, 0.25) is 0 Å². The van der Waals surface area contributed by atoms with Crippen LogP contribution >= 0.6 is 0 Å². The van der Waals surface area contributed by atoms with Crippen molar-refractivity contribution in [2.24, 2.45) is 5.73 Å². The molecule has 0 saturated carbocycles. The zero-order valence-corrected chi connectivity index (χ0v) is 16.4. The highest BCUT2D eigenvalue weighted by Gasteiger charge is 2.32. The first-order chi connectivity index (χ1) is 14.5. The van der Waals surface area contributed by atoms with Gasteiger partial charge in [-0.3, -0.25) is 19.1 Å². The second kappa shape index (κ2) is 6.55. The average molecular weight is 400 g/mol. The van der Waals surface area contributed by atoms with Crippen molar-refractivity contribution in [2.45, 2.75) is 12.8 Å². The highest BCUT2D eigenvalue weighted by molar-refractivity contribution is 6.05. The van der Waals surface area contributed by atoms with Gasteiger partial charge in [-0.25, -0.2) is 4.98 Å². The molecule has 2 amide bonds. The lowest BCUT2D eigenvalue weighted by Gasteiger charge is -2.37. The number of amides is 2. The molecule has 4 heterocycles. The maximum atomic E-state index is 12.5. The summed E-state index contributed by atoms with van der Waals surface area (Å²) < 4.78 is 1.75. The van der Waals surface area contributed by atoms with E-state index in [-0.39, 0.29) is 11.8 Å². The topological polar surface area (TPSA) is 109 Å². The summed E-state index contributed by atoms with van der Waals surface area (Å²) in [6, 6.07) is 7.72. The summed E-state index contributed by atoms with van der Waals surface area (Å²) >= 11 is 0. The number of nitrogens with zero attached hydrogens (tertiary/aromatic N) is 4. The van der Waals surface area contributed by atoms with Crippen LogP contribution in [-0.2, 0) is 4.79 Å². The summed E-state index contributed by atoms with van der Waals surface area (Å²) in [7, 11) is 0. The maximum absolute atomic E-state index is 12.5. The van der Waals surface area contributed by atoms with Crippen LogP contribution in [0, 0.1) is 6.92 Å². The van der Waals surface area contributed by atoms with Crippen LogP contribution in [0.25, 0.3) is 27.7 Å². The van der Waals surface area contributed by atoms with E-state index in [9.17, 15) is 9.59 Å². The van der Waals surface area contributed by atoms with Crippen molar-refractivity contribution >= 4 is 28.4 Å². The van der Waals surface area contributed by atoms with Crippen molar-refractivity contribution in [3.63, 3.8) is 0 Å². The Morgan fingerprint density at radius 2 is 2.07 bits per heavy atom. The number of imidazole rings is 1. The van der Waals surface area contributed by atoms with Crippen molar-refractivity contribution in [2.75, 3.05) is 13.1 Å². The normalized spacial score (nSPS) is 14.2. The van der Waals surface area contributed by atoms with E-state index in [2.05, 4.69) is 21.8 Å². The molecule has 1 fully saturated rings. The molecule has 30 heavy (non-hydrogen) atoms. The van der Waals surface area contributed by atoms with Gasteiger partial charge in [0.2, 0.25) is 5.91 Å². The Labute approximate surface area is 172 Å². The van der Waals surface area contributed by atoms with Crippen LogP contribution < -0.4 is 5.73 Å². The summed E-state index contributed by atoms with van der Waals surface area (Å²) in [6.45, 7) is 6.69. The maximum Gasteiger partial charge on any atom is 0.266 e. The fraction of sp³-hybridized carbons (Fsp3) is 0.182. The molecule has 0 radical (unpaired) electrons. The van der Waals surface area contributed by atoms with E-state index in [1.165, 1.54) is 6.08 Å². The molecule has 4 aromatic rings. The Kier molecular flexibility index (Phi) is 3.95. The van der Waals surface area contributed by atoms with E-state index in [4.69, 9.17) is 5.73 Å². The fourth-order valence-electron chi connectivity index (χ4n) is 4.19. The highest BCUT2D eigenvalue weighted by Crippen LogP contribution is 2.35. The SMILES string of the molecule is C=CC(=O)N1CC(c2cn3c(C(N)=O)c(-c4c(C)ccc5[nH]ncc45)ccc3n2)C1. The van der Waals surface area contributed by atoms with E-state index in [1.54, 1.807) is 15.5 Å². The number of carbonyl (C=O) groups is 2. The number of primary amides is 1. The number of nitrogens with one attached hydrogen (secondary N) is 1. The van der Waals surface area contributed by atoms with Crippen molar-refractivity contribution in [3.8, 4) is 11.1 Å². The molecule has 8 heteroatoms. The van der Waals surface area contributed by atoms with Gasteiger partial charge < -0.3 is 10.6 Å². The predicted octanol–water partition coefficient (Wildman–Crippen LogP) is 2.40. The van der Waals surface area contributed by atoms with Crippen LogP contribution in [0.3, 0.4) is 0 Å². The smallest absolute Gasteiger partial charge is 0.266 e. The third kappa shape index (κ3) is 2.61. The van der Waals surface area contributed by atoms with Gasteiger partial charge in [-0.1, -0.05) is 12.6 Å². The molecule has 8 nitrogen and oxygen atoms in total. The van der Waals surface area contributed by atoms with Crippen LogP contribution in [0.4, 0.5) is 0 Å². The molecule has 1 aliphatic heterocycles. The van der Waals surface area contributed by atoms with Gasteiger partial charge in [0, 0.05) is 36.2 Å². The van der Waals surface area contributed by atoms with E-state index in [0.717, 1.165) is 33.3 Å². The van der Waals surface area contributed by atoms with Gasteiger partial charge >= 0.3 is 0 Å². The van der Waals surface area contributed by atoms with Crippen LogP contribution in [0.1, 0.15) is 27.7 Å². The molecule has 1 aromatic carbocycles. The lowest BCUT2D eigenvalue weighted by Crippen LogP contribution is -2.47. The molecular formula is C22H20N6O2. The molecule has 1 aliphatic rings. The third-order valence-electron chi connectivity index (χ3n) is 5.77. The number of benzene rings is 1. The van der Waals surface area contributed by atoms with Crippen molar-refractivity contribution in [1.82, 2.24) is 24.5 Å². The lowest BCUT2D eigenvalue weighted by atomic mass is 9.95. The average Bonchev–Trinajstić information content (AvgIpc) is 3.32. The molecule has 3 N–H and O–H groups in total. The molecule has 5 rings (SSSR count). The quantitative estimate of drug-likeness (QED) is 0.513. The first kappa shape index (κ1) is 18.1. The number of aromatic amines is 1.